The van der Waals surface area contributed by atoms with E-state index in [2.05, 4.69) is 10.6 Å². The van der Waals surface area contributed by atoms with Gasteiger partial charge in [-0.1, -0.05) is 43.9 Å². The number of benzene rings is 2. The van der Waals surface area contributed by atoms with Gasteiger partial charge in [0.1, 0.15) is 0 Å². The van der Waals surface area contributed by atoms with Crippen molar-refractivity contribution in [1.29, 1.82) is 0 Å². The smallest absolute Gasteiger partial charge is 0.339 e. The minimum Gasteiger partial charge on any atom is -0.465 e. The van der Waals surface area contributed by atoms with Gasteiger partial charge >= 0.3 is 5.97 Å². The summed E-state index contributed by atoms with van der Waals surface area (Å²) < 4.78 is 4.75. The number of methoxy groups -OCH3 is 1. The number of carbonyl (C=O) groups excluding carboxylic acids is 3. The Morgan fingerprint density at radius 2 is 1.52 bits per heavy atom. The van der Waals surface area contributed by atoms with Gasteiger partial charge in [-0.25, -0.2) is 4.79 Å². The molecule has 2 amide bonds. The highest BCUT2D eigenvalue weighted by atomic mass is 16.5. The first-order chi connectivity index (χ1) is 14.1. The molecule has 2 aromatic carbocycles. The van der Waals surface area contributed by atoms with Gasteiger partial charge < -0.3 is 15.4 Å². The summed E-state index contributed by atoms with van der Waals surface area (Å²) in [6.07, 6.45) is 6.69. The lowest BCUT2D eigenvalue weighted by atomic mass is 10.1. The topological polar surface area (TPSA) is 84.5 Å². The number of anilines is 1. The minimum atomic E-state index is -0.530. The van der Waals surface area contributed by atoms with Gasteiger partial charge in [0.15, 0.2) is 0 Å². The molecule has 2 aromatic rings. The van der Waals surface area contributed by atoms with Crippen molar-refractivity contribution in [2.75, 3.05) is 12.4 Å². The first kappa shape index (κ1) is 20.6. The van der Waals surface area contributed by atoms with Crippen LogP contribution in [0, 0.1) is 0 Å². The molecule has 152 valence electrons. The van der Waals surface area contributed by atoms with Crippen LogP contribution >= 0.6 is 0 Å². The van der Waals surface area contributed by atoms with Gasteiger partial charge in [-0.3, -0.25) is 9.59 Å². The molecule has 0 aliphatic heterocycles. The summed E-state index contributed by atoms with van der Waals surface area (Å²) >= 11 is 0. The lowest BCUT2D eigenvalue weighted by Gasteiger charge is -2.16. The number of nitrogens with one attached hydrogen (secondary N) is 2. The number of carbonyl (C=O) groups is 3. The zero-order valence-corrected chi connectivity index (χ0v) is 16.6. The van der Waals surface area contributed by atoms with Crippen molar-refractivity contribution < 1.29 is 19.1 Å². The molecule has 2 N–H and O–H groups in total. The summed E-state index contributed by atoms with van der Waals surface area (Å²) in [6, 6.07) is 13.4. The lowest BCUT2D eigenvalue weighted by molar-refractivity contribution is 0.0601. The van der Waals surface area contributed by atoms with E-state index in [9.17, 15) is 14.4 Å². The van der Waals surface area contributed by atoms with Crippen LogP contribution in [0.3, 0.4) is 0 Å². The van der Waals surface area contributed by atoms with Gasteiger partial charge in [0, 0.05) is 17.2 Å². The molecule has 0 saturated heterocycles. The van der Waals surface area contributed by atoms with E-state index < -0.39 is 11.9 Å². The molecular formula is C23H26N2O4. The van der Waals surface area contributed by atoms with Gasteiger partial charge in [-0.2, -0.15) is 0 Å². The van der Waals surface area contributed by atoms with Crippen molar-refractivity contribution in [1.82, 2.24) is 5.32 Å². The molecule has 1 fully saturated rings. The number of ether oxygens (including phenoxy) is 1. The van der Waals surface area contributed by atoms with Crippen LogP contribution in [-0.4, -0.2) is 30.9 Å². The predicted molar refractivity (Wildman–Crippen MR) is 111 cm³/mol. The monoisotopic (exact) mass is 394 g/mol. The fourth-order valence-corrected chi connectivity index (χ4v) is 3.57. The summed E-state index contributed by atoms with van der Waals surface area (Å²) in [7, 11) is 1.29. The summed E-state index contributed by atoms with van der Waals surface area (Å²) in [4.78, 5) is 37.2. The van der Waals surface area contributed by atoms with Crippen molar-refractivity contribution in [3.63, 3.8) is 0 Å². The second kappa shape index (κ2) is 9.87. The van der Waals surface area contributed by atoms with Crippen LogP contribution in [0.4, 0.5) is 5.69 Å². The maximum absolute atomic E-state index is 12.7. The third kappa shape index (κ3) is 5.44. The Kier molecular flexibility index (Phi) is 7.00. The second-order valence-corrected chi connectivity index (χ2v) is 7.23. The third-order valence-electron chi connectivity index (χ3n) is 5.16. The fourth-order valence-electron chi connectivity index (χ4n) is 3.57. The minimum absolute atomic E-state index is 0.165. The molecular weight excluding hydrogens is 368 g/mol. The third-order valence-corrected chi connectivity index (χ3v) is 5.16. The van der Waals surface area contributed by atoms with E-state index in [1.165, 1.54) is 20.0 Å². The van der Waals surface area contributed by atoms with Gasteiger partial charge in [-0.05, 0) is 43.2 Å². The molecule has 1 aliphatic carbocycles. The fraction of sp³-hybridized carbons (Fsp3) is 0.348. The van der Waals surface area contributed by atoms with Gasteiger partial charge in [0.25, 0.3) is 11.8 Å². The van der Waals surface area contributed by atoms with E-state index >= 15 is 0 Å². The molecule has 29 heavy (non-hydrogen) atoms. The molecule has 6 nitrogen and oxygen atoms in total. The van der Waals surface area contributed by atoms with E-state index in [0.29, 0.717) is 16.8 Å². The van der Waals surface area contributed by atoms with E-state index in [1.54, 1.807) is 48.5 Å². The number of amides is 2. The molecule has 0 heterocycles. The summed E-state index contributed by atoms with van der Waals surface area (Å²) in [5.41, 5.74) is 1.42. The molecule has 0 radical (unpaired) electrons. The predicted octanol–water partition coefficient (Wildman–Crippen LogP) is 4.18. The number of hydrogen-bond acceptors (Lipinski definition) is 4. The molecule has 0 atom stereocenters. The van der Waals surface area contributed by atoms with Crippen LogP contribution in [0.1, 0.15) is 69.6 Å². The highest BCUT2D eigenvalue weighted by Crippen LogP contribution is 2.19. The van der Waals surface area contributed by atoms with Crippen LogP contribution in [0.25, 0.3) is 0 Å². The lowest BCUT2D eigenvalue weighted by Crippen LogP contribution is -2.34. The Hall–Kier alpha value is -3.15. The summed E-state index contributed by atoms with van der Waals surface area (Å²) in [5, 5.41) is 5.82. The Balaban J connectivity index is 1.71. The van der Waals surface area contributed by atoms with Crippen LogP contribution < -0.4 is 10.6 Å². The van der Waals surface area contributed by atoms with Gasteiger partial charge in [0.2, 0.25) is 0 Å². The average Bonchev–Trinajstić information content (AvgIpc) is 3.02. The quantitative estimate of drug-likeness (QED) is 0.589. The van der Waals surface area contributed by atoms with Gasteiger partial charge in [0.05, 0.1) is 18.4 Å². The Morgan fingerprint density at radius 1 is 0.862 bits per heavy atom. The van der Waals surface area contributed by atoms with Crippen molar-refractivity contribution >= 4 is 23.5 Å². The van der Waals surface area contributed by atoms with Crippen molar-refractivity contribution in [3.8, 4) is 0 Å². The first-order valence-electron chi connectivity index (χ1n) is 9.98. The standard InChI is InChI=1S/C23H26N2O4/c1-29-23(28)19-13-6-7-14-20(19)25-22(27)17-10-8-9-16(15-17)21(26)24-18-11-4-2-3-5-12-18/h6-10,13-15,18H,2-5,11-12H2,1H3,(H,24,26)(H,25,27). The zero-order valence-electron chi connectivity index (χ0n) is 16.6. The van der Waals surface area contributed by atoms with Crippen LogP contribution in [0.2, 0.25) is 0 Å². The molecule has 6 heteroatoms. The van der Waals surface area contributed by atoms with Crippen molar-refractivity contribution in [2.45, 2.75) is 44.6 Å². The highest BCUT2D eigenvalue weighted by Gasteiger charge is 2.18. The molecule has 1 saturated carbocycles. The largest absolute Gasteiger partial charge is 0.465 e. The second-order valence-electron chi connectivity index (χ2n) is 7.23. The zero-order chi connectivity index (χ0) is 20.6. The Labute approximate surface area is 170 Å². The molecule has 0 spiro atoms. The number of esters is 1. The molecule has 1 aliphatic rings. The number of rotatable bonds is 5. The molecule has 0 aromatic heterocycles. The average molecular weight is 394 g/mol. The van der Waals surface area contributed by atoms with Gasteiger partial charge in [-0.15, -0.1) is 0 Å². The normalized spacial score (nSPS) is 14.5. The van der Waals surface area contributed by atoms with E-state index in [0.717, 1.165) is 25.7 Å². The van der Waals surface area contributed by atoms with Crippen molar-refractivity contribution in [2.24, 2.45) is 0 Å². The summed E-state index contributed by atoms with van der Waals surface area (Å²) in [6.45, 7) is 0. The van der Waals surface area contributed by atoms with Crippen LogP contribution in [0.5, 0.6) is 0 Å². The first-order valence-corrected chi connectivity index (χ1v) is 9.98. The van der Waals surface area contributed by atoms with E-state index in [-0.39, 0.29) is 17.5 Å². The number of hydrogen-bond donors (Lipinski definition) is 2. The van der Waals surface area contributed by atoms with Crippen LogP contribution in [-0.2, 0) is 4.74 Å². The maximum Gasteiger partial charge on any atom is 0.339 e. The Bertz CT molecular complexity index is 886. The maximum atomic E-state index is 12.7. The van der Waals surface area contributed by atoms with Crippen molar-refractivity contribution in [3.05, 3.63) is 65.2 Å². The highest BCUT2D eigenvalue weighted by molar-refractivity contribution is 6.09. The van der Waals surface area contributed by atoms with E-state index in [1.807, 2.05) is 0 Å². The van der Waals surface area contributed by atoms with Crippen LogP contribution in [0.15, 0.2) is 48.5 Å². The Morgan fingerprint density at radius 3 is 2.21 bits per heavy atom. The number of para-hydroxylation sites is 1. The molecule has 3 rings (SSSR count). The van der Waals surface area contributed by atoms with E-state index in [4.69, 9.17) is 4.74 Å². The summed E-state index contributed by atoms with van der Waals surface area (Å²) in [5.74, 6) is -1.09. The SMILES string of the molecule is COC(=O)c1ccccc1NC(=O)c1cccc(C(=O)NC2CCCCCC2)c1. The molecule has 0 unspecified atom stereocenters. The molecule has 0 bridgehead atoms.